The van der Waals surface area contributed by atoms with Gasteiger partial charge in [0, 0.05) is 18.8 Å². The van der Waals surface area contributed by atoms with E-state index in [2.05, 4.69) is 0 Å². The van der Waals surface area contributed by atoms with Crippen LogP contribution in [0.4, 0.5) is 0 Å². The molecule has 2 amide bonds. The van der Waals surface area contributed by atoms with Gasteiger partial charge in [-0.25, -0.2) is 0 Å². The second-order valence-corrected chi connectivity index (χ2v) is 5.51. The van der Waals surface area contributed by atoms with Crippen molar-refractivity contribution in [1.82, 2.24) is 10.0 Å². The van der Waals surface area contributed by atoms with E-state index in [1.807, 2.05) is 0 Å². The zero-order valence-corrected chi connectivity index (χ0v) is 10.4. The Hall–Kier alpha value is 0.102. The number of carbonyl (C=O) groups is 2. The first-order valence-corrected chi connectivity index (χ1v) is 7.92. The summed E-state index contributed by atoms with van der Waals surface area (Å²) in [5.41, 5.74) is 0. The molecule has 9 heteroatoms. The quantitative estimate of drug-likeness (QED) is 0.626. The van der Waals surface area contributed by atoms with Crippen LogP contribution in [0.15, 0.2) is 0 Å². The number of hydrogen-bond donors (Lipinski definition) is 0. The van der Waals surface area contributed by atoms with Gasteiger partial charge in [-0.05, 0) is 0 Å². The smallest absolute Gasteiger partial charge is 0.207 e. The van der Waals surface area contributed by atoms with E-state index in [0.29, 0.717) is 0 Å². The monoisotopic (exact) mass is 344 g/mol. The molecule has 0 aliphatic carbocycles. The number of halogens is 2. The molecule has 0 spiro atoms. The topological polar surface area (TPSA) is 88.2 Å². The molecule has 0 unspecified atom stereocenters. The third kappa shape index (κ3) is 2.62. The zero-order valence-electron chi connectivity index (χ0n) is 7.35. The van der Waals surface area contributed by atoms with Gasteiger partial charge >= 0.3 is 35.0 Å². The van der Waals surface area contributed by atoms with Crippen LogP contribution >= 0.6 is 19.1 Å². The summed E-state index contributed by atoms with van der Waals surface area (Å²) in [4.78, 5) is 21.9. The first-order valence-electron chi connectivity index (χ1n) is 3.92. The van der Waals surface area contributed by atoms with Gasteiger partial charge < -0.3 is 21.7 Å². The van der Waals surface area contributed by atoms with Gasteiger partial charge in [-0.15, -0.1) is 0 Å². The molecule has 2 fully saturated rings. The third-order valence-corrected chi connectivity index (χ3v) is 2.36. The SMILES string of the molecule is [Cl][Pd][Cl].[NH-]N1C(=O)CC2CC(=O)N([NH-])C21. The van der Waals surface area contributed by atoms with Crippen LogP contribution in [0.2, 0.25) is 0 Å². The number of nitrogens with one attached hydrogen (secondary N) is 2. The van der Waals surface area contributed by atoms with Gasteiger partial charge in [0.05, 0.1) is 6.17 Å². The maximum atomic E-state index is 11.0. The van der Waals surface area contributed by atoms with E-state index < -0.39 is 6.17 Å². The van der Waals surface area contributed by atoms with Crippen molar-refractivity contribution >= 4 is 30.9 Å². The van der Waals surface area contributed by atoms with E-state index in [0.717, 1.165) is 10.0 Å². The minimum Gasteiger partial charge on any atom is -0.579 e. The maximum Gasteiger partial charge on any atom is 0.207 e. The summed E-state index contributed by atoms with van der Waals surface area (Å²) < 4.78 is 0. The molecule has 2 aliphatic rings. The fraction of sp³-hybridized carbons (Fsp3) is 0.667. The third-order valence-electron chi connectivity index (χ3n) is 2.36. The Morgan fingerprint density at radius 2 is 1.47 bits per heavy atom. The summed E-state index contributed by atoms with van der Waals surface area (Å²) in [6.45, 7) is 0. The predicted octanol–water partition coefficient (Wildman–Crippen LogP) is 1.70. The van der Waals surface area contributed by atoms with Crippen LogP contribution in [0.5, 0.6) is 0 Å². The molecule has 0 aromatic rings. The van der Waals surface area contributed by atoms with E-state index in [1.54, 1.807) is 0 Å². The van der Waals surface area contributed by atoms with Gasteiger partial charge in [-0.2, -0.15) is 0 Å². The number of rotatable bonds is 0. The van der Waals surface area contributed by atoms with Crippen molar-refractivity contribution < 1.29 is 25.5 Å². The summed E-state index contributed by atoms with van der Waals surface area (Å²) in [7, 11) is 9.63. The molecule has 0 saturated carbocycles. The van der Waals surface area contributed by atoms with E-state index in [9.17, 15) is 9.59 Å². The van der Waals surface area contributed by atoms with Crippen LogP contribution in [0.1, 0.15) is 12.8 Å². The van der Waals surface area contributed by atoms with Gasteiger partial charge in [0.25, 0.3) is 0 Å². The molecule has 6 nitrogen and oxygen atoms in total. The largest absolute Gasteiger partial charge is 0.579 e. The van der Waals surface area contributed by atoms with Crippen LogP contribution in [0.25, 0.3) is 11.7 Å². The molecule has 90 valence electrons. The van der Waals surface area contributed by atoms with Crippen LogP contribution in [0.3, 0.4) is 0 Å². The summed E-state index contributed by atoms with van der Waals surface area (Å²) in [5, 5.41) is 1.48. The molecule has 15 heavy (non-hydrogen) atoms. The van der Waals surface area contributed by atoms with Gasteiger partial charge in [0.1, 0.15) is 0 Å². The van der Waals surface area contributed by atoms with E-state index in [4.69, 9.17) is 30.7 Å². The summed E-state index contributed by atoms with van der Waals surface area (Å²) >= 11 is -0.106. The number of fused-ring (bicyclic) bond motifs is 1. The Kier molecular flexibility index (Phi) is 4.77. The maximum absolute atomic E-state index is 11.0. The van der Waals surface area contributed by atoms with Gasteiger partial charge in [0.2, 0.25) is 11.8 Å². The van der Waals surface area contributed by atoms with Crippen molar-refractivity contribution in [1.29, 1.82) is 0 Å². The van der Waals surface area contributed by atoms with Crippen LogP contribution in [-0.4, -0.2) is 28.0 Å². The van der Waals surface area contributed by atoms with Crippen molar-refractivity contribution in [3.8, 4) is 0 Å². The van der Waals surface area contributed by atoms with Crippen molar-refractivity contribution in [3.63, 3.8) is 0 Å². The average molecular weight is 345 g/mol. The predicted molar refractivity (Wildman–Crippen MR) is 50.6 cm³/mol. The van der Waals surface area contributed by atoms with E-state index in [1.165, 1.54) is 0 Å². The minimum atomic E-state index is -0.634. The Labute approximate surface area is 103 Å². The van der Waals surface area contributed by atoms with Crippen molar-refractivity contribution in [3.05, 3.63) is 11.7 Å². The number of nitrogens with zero attached hydrogens (tertiary/aromatic N) is 2. The molecule has 2 saturated heterocycles. The molecule has 2 N–H and O–H groups in total. The van der Waals surface area contributed by atoms with Crippen molar-refractivity contribution in [2.45, 2.75) is 19.0 Å². The van der Waals surface area contributed by atoms with Gasteiger partial charge in [-0.1, -0.05) is 0 Å². The Bertz CT molecular complexity index is 256. The minimum absolute atomic E-state index is 0.106. The number of amides is 2. The second kappa shape index (κ2) is 5.44. The Morgan fingerprint density at radius 3 is 1.73 bits per heavy atom. The van der Waals surface area contributed by atoms with Gasteiger partial charge in [-0.3, -0.25) is 9.59 Å². The number of carbonyl (C=O) groups excluding carboxylic acids is 2. The molecule has 0 radical (unpaired) electrons. The fourth-order valence-electron chi connectivity index (χ4n) is 1.76. The second-order valence-electron chi connectivity index (χ2n) is 3.15. The molecule has 2 rings (SSSR count). The molecule has 2 heterocycles. The molecular formula is C6H8Cl2N4O2Pd-2. The normalized spacial score (nSPS) is 29.3. The van der Waals surface area contributed by atoms with Crippen LogP contribution < -0.4 is 0 Å². The van der Waals surface area contributed by atoms with Crippen molar-refractivity contribution in [2.75, 3.05) is 0 Å². The molecule has 2 aliphatic heterocycles. The summed E-state index contributed by atoms with van der Waals surface area (Å²) in [5.74, 6) is 13.8. The molecule has 0 aromatic heterocycles. The standard InChI is InChI=1S/C6H8N4O2.2ClH.Pd/c7-9-4(11)1-3-2-5(12)10(8)6(3)9;;;/h3,6-8H,1-2H2;2*1H;/q-2;;;+2/p-2. The molecular weight excluding hydrogens is 337 g/mol. The number of hydrogen-bond acceptors (Lipinski definition) is 2. The van der Waals surface area contributed by atoms with E-state index >= 15 is 0 Å². The summed E-state index contributed by atoms with van der Waals surface area (Å²) in [6.07, 6.45) is -0.171. The van der Waals surface area contributed by atoms with Crippen LogP contribution in [0, 0.1) is 5.92 Å². The van der Waals surface area contributed by atoms with Crippen LogP contribution in [-0.2, 0) is 25.5 Å². The summed E-state index contributed by atoms with van der Waals surface area (Å²) in [6, 6.07) is 0. The first kappa shape index (κ1) is 13.2. The Morgan fingerprint density at radius 1 is 1.13 bits per heavy atom. The zero-order chi connectivity index (χ0) is 11.6. The molecule has 0 atom stereocenters. The fourth-order valence-corrected chi connectivity index (χ4v) is 1.76. The van der Waals surface area contributed by atoms with Gasteiger partial charge in [0.15, 0.2) is 0 Å². The molecule has 0 aromatic carbocycles. The molecule has 0 bridgehead atoms. The van der Waals surface area contributed by atoms with Crippen molar-refractivity contribution in [2.24, 2.45) is 5.92 Å². The van der Waals surface area contributed by atoms with E-state index in [-0.39, 0.29) is 46.5 Å². The average Bonchev–Trinajstić information content (AvgIpc) is 2.57. The first-order chi connectivity index (χ1) is 7.02. The Balaban J connectivity index is 0.000000337.